The maximum absolute atomic E-state index is 12.9. The Balaban J connectivity index is 1.57. The monoisotopic (exact) mass is 459 g/mol. The van der Waals surface area contributed by atoms with Crippen LogP contribution in [0, 0.1) is 12.8 Å². The van der Waals surface area contributed by atoms with Gasteiger partial charge in [-0.2, -0.15) is 0 Å². The molecule has 1 aliphatic rings. The number of carbonyl (C=O) groups excluding carboxylic acids is 1. The van der Waals surface area contributed by atoms with Gasteiger partial charge in [0.25, 0.3) is 0 Å². The predicted octanol–water partition coefficient (Wildman–Crippen LogP) is 3.41. The smallest absolute Gasteiger partial charge is 0.241 e. The van der Waals surface area contributed by atoms with E-state index in [4.69, 9.17) is 4.74 Å². The Bertz CT molecular complexity index is 1010. The van der Waals surface area contributed by atoms with Crippen molar-refractivity contribution in [3.63, 3.8) is 0 Å². The number of hydrogen-bond acceptors (Lipinski definition) is 5. The first-order valence-electron chi connectivity index (χ1n) is 11.1. The zero-order valence-corrected chi connectivity index (χ0v) is 19.8. The number of aryl methyl sites for hydroxylation is 1. The van der Waals surface area contributed by atoms with Gasteiger partial charge in [-0.05, 0) is 70.3 Å². The maximum Gasteiger partial charge on any atom is 0.241 e. The number of piperidine rings is 1. The van der Waals surface area contributed by atoms with Crippen molar-refractivity contribution in [3.8, 4) is 5.75 Å². The molecule has 0 spiro atoms. The van der Waals surface area contributed by atoms with E-state index in [-0.39, 0.29) is 22.8 Å². The average molecular weight is 460 g/mol. The molecule has 7 nitrogen and oxygen atoms in total. The molecular weight excluding hydrogens is 426 g/mol. The zero-order chi connectivity index (χ0) is 23.1. The molecule has 1 heterocycles. The Morgan fingerprint density at radius 1 is 1.19 bits per heavy atom. The van der Waals surface area contributed by atoms with E-state index in [1.165, 1.54) is 0 Å². The number of sulfonamides is 1. The molecule has 3 rings (SSSR count). The molecule has 2 atom stereocenters. The van der Waals surface area contributed by atoms with E-state index >= 15 is 0 Å². The van der Waals surface area contributed by atoms with Gasteiger partial charge in [-0.1, -0.05) is 29.8 Å². The van der Waals surface area contributed by atoms with E-state index in [1.54, 1.807) is 24.3 Å². The van der Waals surface area contributed by atoms with Crippen LogP contribution in [0.3, 0.4) is 0 Å². The second kappa shape index (κ2) is 10.9. The van der Waals surface area contributed by atoms with Crippen LogP contribution in [0.15, 0.2) is 53.4 Å². The standard InChI is InChI=1S/C24H33N3O4S/c1-4-31-23-10-6-5-9-22(23)26-24(28)19(3)27-15-7-8-20(17-27)16-25-32(29,30)21-13-11-18(2)12-14-21/h5-6,9-14,19-20,25H,4,7-8,15-17H2,1-3H3,(H,26,28). The molecule has 2 aromatic rings. The van der Waals surface area contributed by atoms with E-state index in [9.17, 15) is 13.2 Å². The van der Waals surface area contributed by atoms with Gasteiger partial charge in [-0.25, -0.2) is 13.1 Å². The minimum atomic E-state index is -3.54. The van der Waals surface area contributed by atoms with Crippen LogP contribution >= 0.6 is 0 Å². The number of benzene rings is 2. The van der Waals surface area contributed by atoms with Gasteiger partial charge >= 0.3 is 0 Å². The second-order valence-electron chi connectivity index (χ2n) is 8.26. The van der Waals surface area contributed by atoms with Gasteiger partial charge in [0.1, 0.15) is 5.75 Å². The van der Waals surface area contributed by atoms with Crippen molar-refractivity contribution in [3.05, 3.63) is 54.1 Å². The number of rotatable bonds is 9. The van der Waals surface area contributed by atoms with Crippen LogP contribution in [0.4, 0.5) is 5.69 Å². The highest BCUT2D eigenvalue weighted by Crippen LogP contribution is 2.25. The second-order valence-corrected chi connectivity index (χ2v) is 10.0. The Morgan fingerprint density at radius 2 is 1.91 bits per heavy atom. The van der Waals surface area contributed by atoms with Gasteiger partial charge in [0.05, 0.1) is 23.2 Å². The molecule has 0 radical (unpaired) electrons. The molecule has 0 bridgehead atoms. The van der Waals surface area contributed by atoms with Gasteiger partial charge in [0.2, 0.25) is 15.9 Å². The van der Waals surface area contributed by atoms with Crippen molar-refractivity contribution in [1.29, 1.82) is 0 Å². The number of nitrogens with zero attached hydrogens (tertiary/aromatic N) is 1. The molecule has 0 aromatic heterocycles. The highest BCUT2D eigenvalue weighted by Gasteiger charge is 2.28. The molecule has 1 fully saturated rings. The first-order chi connectivity index (χ1) is 15.3. The summed E-state index contributed by atoms with van der Waals surface area (Å²) >= 11 is 0. The number of anilines is 1. The lowest BCUT2D eigenvalue weighted by atomic mass is 9.97. The molecule has 2 aromatic carbocycles. The van der Waals surface area contributed by atoms with Gasteiger partial charge in [0.15, 0.2) is 0 Å². The molecule has 1 aliphatic heterocycles. The minimum absolute atomic E-state index is 0.0990. The summed E-state index contributed by atoms with van der Waals surface area (Å²) in [4.78, 5) is 15.3. The summed E-state index contributed by atoms with van der Waals surface area (Å²) in [6.45, 7) is 8.07. The highest BCUT2D eigenvalue weighted by atomic mass is 32.2. The van der Waals surface area contributed by atoms with E-state index < -0.39 is 10.0 Å². The lowest BCUT2D eigenvalue weighted by Crippen LogP contribution is -2.49. The fourth-order valence-corrected chi connectivity index (χ4v) is 5.01. The number of hydrogen-bond donors (Lipinski definition) is 2. The third kappa shape index (κ3) is 6.31. The van der Waals surface area contributed by atoms with Gasteiger partial charge < -0.3 is 10.1 Å². The summed E-state index contributed by atoms with van der Waals surface area (Å²) in [7, 11) is -3.54. The fourth-order valence-electron chi connectivity index (χ4n) is 3.90. The number of para-hydroxylation sites is 2. The molecular formula is C24H33N3O4S. The van der Waals surface area contributed by atoms with Gasteiger partial charge in [-0.3, -0.25) is 9.69 Å². The molecule has 2 unspecified atom stereocenters. The number of ether oxygens (including phenoxy) is 1. The fraction of sp³-hybridized carbons (Fsp3) is 0.458. The van der Waals surface area contributed by atoms with E-state index in [1.807, 2.05) is 45.0 Å². The maximum atomic E-state index is 12.9. The highest BCUT2D eigenvalue weighted by molar-refractivity contribution is 7.89. The van der Waals surface area contributed by atoms with Crippen molar-refractivity contribution < 1.29 is 17.9 Å². The lowest BCUT2D eigenvalue weighted by molar-refractivity contribution is -0.121. The third-order valence-electron chi connectivity index (χ3n) is 5.82. The van der Waals surface area contributed by atoms with Crippen LogP contribution in [0.5, 0.6) is 5.75 Å². The van der Waals surface area contributed by atoms with Crippen molar-refractivity contribution in [1.82, 2.24) is 9.62 Å². The Labute approximate surface area is 191 Å². The average Bonchev–Trinajstić information content (AvgIpc) is 2.79. The van der Waals surface area contributed by atoms with Crippen molar-refractivity contribution >= 4 is 21.6 Å². The largest absolute Gasteiger partial charge is 0.492 e. The number of amides is 1. The van der Waals surface area contributed by atoms with Crippen LogP contribution in [0.2, 0.25) is 0 Å². The molecule has 2 N–H and O–H groups in total. The van der Waals surface area contributed by atoms with Crippen molar-refractivity contribution in [2.45, 2.75) is 44.6 Å². The quantitative estimate of drug-likeness (QED) is 0.600. The number of likely N-dealkylation sites (tertiary alicyclic amines) is 1. The normalized spacial score (nSPS) is 18.2. The summed E-state index contributed by atoms with van der Waals surface area (Å²) in [5.74, 6) is 0.700. The van der Waals surface area contributed by atoms with Crippen LogP contribution < -0.4 is 14.8 Å². The minimum Gasteiger partial charge on any atom is -0.492 e. The van der Waals surface area contributed by atoms with E-state index in [2.05, 4.69) is 14.9 Å². The SMILES string of the molecule is CCOc1ccccc1NC(=O)C(C)N1CCCC(CNS(=O)(=O)c2ccc(C)cc2)C1. The van der Waals surface area contributed by atoms with Crippen molar-refractivity contribution in [2.24, 2.45) is 5.92 Å². The molecule has 32 heavy (non-hydrogen) atoms. The van der Waals surface area contributed by atoms with Crippen LogP contribution in [0.1, 0.15) is 32.3 Å². The number of carbonyl (C=O) groups is 1. The Hall–Kier alpha value is -2.42. The Morgan fingerprint density at radius 3 is 2.62 bits per heavy atom. The lowest BCUT2D eigenvalue weighted by Gasteiger charge is -2.36. The third-order valence-corrected chi connectivity index (χ3v) is 7.26. The van der Waals surface area contributed by atoms with Gasteiger partial charge in [0, 0.05) is 13.1 Å². The molecule has 1 amide bonds. The van der Waals surface area contributed by atoms with Crippen LogP contribution in [-0.2, 0) is 14.8 Å². The summed E-state index contributed by atoms with van der Waals surface area (Å²) in [5.41, 5.74) is 1.67. The van der Waals surface area contributed by atoms with E-state index in [0.717, 1.165) is 24.9 Å². The zero-order valence-electron chi connectivity index (χ0n) is 19.0. The topological polar surface area (TPSA) is 87.7 Å². The summed E-state index contributed by atoms with van der Waals surface area (Å²) in [6, 6.07) is 13.9. The summed E-state index contributed by atoms with van der Waals surface area (Å²) in [6.07, 6.45) is 1.85. The van der Waals surface area contributed by atoms with Gasteiger partial charge in [-0.15, -0.1) is 0 Å². The first kappa shape index (κ1) is 24.2. The summed E-state index contributed by atoms with van der Waals surface area (Å²) < 4.78 is 33.5. The first-order valence-corrected chi connectivity index (χ1v) is 12.6. The molecule has 0 saturated carbocycles. The van der Waals surface area contributed by atoms with Crippen LogP contribution in [-0.4, -0.2) is 51.5 Å². The summed E-state index contributed by atoms with van der Waals surface area (Å²) in [5, 5.41) is 2.97. The molecule has 1 saturated heterocycles. The Kier molecular flexibility index (Phi) is 8.28. The van der Waals surface area contributed by atoms with Crippen LogP contribution in [0.25, 0.3) is 0 Å². The molecule has 0 aliphatic carbocycles. The molecule has 174 valence electrons. The number of nitrogens with one attached hydrogen (secondary N) is 2. The molecule has 8 heteroatoms. The van der Waals surface area contributed by atoms with Crippen molar-refractivity contribution in [2.75, 3.05) is 31.6 Å². The predicted molar refractivity (Wildman–Crippen MR) is 126 cm³/mol. The van der Waals surface area contributed by atoms with E-state index in [0.29, 0.717) is 31.1 Å².